The van der Waals surface area contributed by atoms with Gasteiger partial charge in [-0.15, -0.1) is 0 Å². The van der Waals surface area contributed by atoms with Gasteiger partial charge in [0.05, 0.1) is 4.91 Å². The summed E-state index contributed by atoms with van der Waals surface area (Å²) in [6.07, 6.45) is 0. The maximum Gasteiger partial charge on any atom is 0.299 e. The van der Waals surface area contributed by atoms with Gasteiger partial charge in [-0.3, -0.25) is 4.79 Å². The van der Waals surface area contributed by atoms with Crippen molar-refractivity contribution in [2.75, 3.05) is 5.75 Å². The minimum atomic E-state index is -3.73. The van der Waals surface area contributed by atoms with Crippen LogP contribution in [0.1, 0.15) is 0 Å². The molecule has 0 aromatic rings. The SMILES string of the molecule is O=C1CS(=O)(=O)N[N+](=O)N1. The second-order valence-electron chi connectivity index (χ2n) is 1.68. The molecule has 8 heteroatoms. The molecule has 1 aliphatic rings. The first-order valence-corrected chi connectivity index (χ1v) is 3.92. The van der Waals surface area contributed by atoms with Gasteiger partial charge in [0.25, 0.3) is 20.9 Å². The minimum Gasteiger partial charge on any atom is -0.268 e. The van der Waals surface area contributed by atoms with E-state index < -0.39 is 21.7 Å². The Hall–Kier alpha value is -1.18. The Morgan fingerprint density at radius 3 is 2.50 bits per heavy atom. The molecule has 10 heavy (non-hydrogen) atoms. The van der Waals surface area contributed by atoms with Gasteiger partial charge in [-0.2, -0.15) is 0 Å². The predicted octanol–water partition coefficient (Wildman–Crippen LogP) is -2.36. The third kappa shape index (κ3) is 1.41. The normalized spacial score (nSPS) is 23.2. The molecule has 0 aromatic heterocycles. The number of sulfonamides is 1. The maximum absolute atomic E-state index is 10.5. The van der Waals surface area contributed by atoms with E-state index in [1.54, 1.807) is 5.43 Å². The standard InChI is InChI=1S/C2H3N3O4S/c6-2-1-10(8,9)4-5(7)3-2/h1H2,(H-,3,4,6,7)/p+1. The van der Waals surface area contributed by atoms with E-state index in [9.17, 15) is 18.1 Å². The molecule has 1 rings (SSSR count). The van der Waals surface area contributed by atoms with Gasteiger partial charge in [0.2, 0.25) is 0 Å². The second kappa shape index (κ2) is 1.90. The van der Waals surface area contributed by atoms with Crippen LogP contribution in [-0.2, 0) is 14.8 Å². The Morgan fingerprint density at radius 2 is 2.10 bits per heavy atom. The molecule has 56 valence electrons. The summed E-state index contributed by atoms with van der Waals surface area (Å²) >= 11 is 0. The number of nitrogens with zero attached hydrogens (tertiary/aromatic N) is 1. The van der Waals surface area contributed by atoms with Crippen LogP contribution >= 0.6 is 0 Å². The van der Waals surface area contributed by atoms with Gasteiger partial charge in [-0.1, -0.05) is 5.43 Å². The molecule has 0 spiro atoms. The van der Waals surface area contributed by atoms with Crippen molar-refractivity contribution in [3.63, 3.8) is 0 Å². The average molecular weight is 166 g/mol. The fraction of sp³-hybridized carbons (Fsp3) is 0.500. The van der Waals surface area contributed by atoms with Crippen LogP contribution in [0.4, 0.5) is 0 Å². The number of nitroso groups, excluding NO2 is 1. The fourth-order valence-corrected chi connectivity index (χ4v) is 1.27. The highest BCUT2D eigenvalue weighted by Gasteiger charge is 2.33. The first kappa shape index (κ1) is 6.93. The van der Waals surface area contributed by atoms with Crippen LogP contribution in [-0.4, -0.2) is 25.1 Å². The lowest BCUT2D eigenvalue weighted by Crippen LogP contribution is -2.54. The molecular weight excluding hydrogens is 162 g/mol. The Labute approximate surface area is 56.0 Å². The zero-order valence-corrected chi connectivity index (χ0v) is 5.51. The van der Waals surface area contributed by atoms with Gasteiger partial charge >= 0.3 is 0 Å². The zero-order valence-electron chi connectivity index (χ0n) is 4.70. The minimum absolute atomic E-state index is 0.249. The van der Waals surface area contributed by atoms with Gasteiger partial charge in [0.1, 0.15) is 0 Å². The van der Waals surface area contributed by atoms with Crippen molar-refractivity contribution in [1.29, 1.82) is 0 Å². The van der Waals surface area contributed by atoms with Gasteiger partial charge < -0.3 is 0 Å². The van der Waals surface area contributed by atoms with E-state index in [-0.39, 0.29) is 4.98 Å². The number of amides is 1. The van der Waals surface area contributed by atoms with Crippen LogP contribution < -0.4 is 10.3 Å². The van der Waals surface area contributed by atoms with Gasteiger partial charge in [0.15, 0.2) is 5.75 Å². The number of hydrogen-bond acceptors (Lipinski definition) is 4. The molecule has 2 N–H and O–H groups in total. The third-order valence-corrected chi connectivity index (χ3v) is 1.86. The molecule has 0 aromatic carbocycles. The zero-order chi connectivity index (χ0) is 7.78. The lowest BCUT2D eigenvalue weighted by molar-refractivity contribution is -0.630. The molecule has 0 atom stereocenters. The van der Waals surface area contributed by atoms with Crippen molar-refractivity contribution in [2.24, 2.45) is 0 Å². The molecule has 0 aliphatic carbocycles. The molecule has 1 amide bonds. The Balaban J connectivity index is 2.89. The summed E-state index contributed by atoms with van der Waals surface area (Å²) in [7, 11) is -3.73. The highest BCUT2D eigenvalue weighted by atomic mass is 32.2. The Morgan fingerprint density at radius 1 is 1.50 bits per heavy atom. The van der Waals surface area contributed by atoms with Crippen molar-refractivity contribution in [1.82, 2.24) is 10.3 Å². The van der Waals surface area contributed by atoms with Gasteiger partial charge in [-0.05, 0) is 4.83 Å². The van der Waals surface area contributed by atoms with Crippen molar-refractivity contribution in [3.05, 3.63) is 4.91 Å². The van der Waals surface area contributed by atoms with Crippen molar-refractivity contribution < 1.29 is 18.2 Å². The van der Waals surface area contributed by atoms with Gasteiger partial charge in [-0.25, -0.2) is 8.42 Å². The van der Waals surface area contributed by atoms with Crippen molar-refractivity contribution in [2.45, 2.75) is 0 Å². The highest BCUT2D eigenvalue weighted by Crippen LogP contribution is 1.87. The van der Waals surface area contributed by atoms with Crippen molar-refractivity contribution >= 4 is 15.9 Å². The largest absolute Gasteiger partial charge is 0.299 e. The lowest BCUT2D eigenvalue weighted by Gasteiger charge is -2.02. The topological polar surface area (TPSA) is 95.3 Å². The molecular formula is C2H4N3O4S+. The summed E-state index contributed by atoms with van der Waals surface area (Å²) in [4.78, 5) is 21.8. The fourth-order valence-electron chi connectivity index (χ4n) is 0.500. The van der Waals surface area contributed by atoms with Crippen LogP contribution in [0.3, 0.4) is 0 Å². The van der Waals surface area contributed by atoms with E-state index in [2.05, 4.69) is 0 Å². The molecule has 1 fully saturated rings. The number of nitrogens with one attached hydrogen (secondary N) is 2. The third-order valence-electron chi connectivity index (χ3n) is 0.769. The number of carbonyl (C=O) groups is 1. The molecule has 0 unspecified atom stereocenters. The molecule has 0 bridgehead atoms. The van der Waals surface area contributed by atoms with E-state index >= 15 is 0 Å². The number of hydrazine groups is 2. The molecule has 0 saturated carbocycles. The highest BCUT2D eigenvalue weighted by molar-refractivity contribution is 7.90. The molecule has 1 saturated heterocycles. The van der Waals surface area contributed by atoms with E-state index in [1.807, 2.05) is 0 Å². The molecule has 1 heterocycles. The van der Waals surface area contributed by atoms with Crippen molar-refractivity contribution in [3.8, 4) is 0 Å². The van der Waals surface area contributed by atoms with E-state index in [1.165, 1.54) is 4.83 Å². The van der Waals surface area contributed by atoms with Gasteiger partial charge in [0, 0.05) is 0 Å². The van der Waals surface area contributed by atoms with Crippen LogP contribution in [0.25, 0.3) is 0 Å². The molecule has 0 radical (unpaired) electrons. The van der Waals surface area contributed by atoms with Crippen LogP contribution in [0.5, 0.6) is 0 Å². The first-order chi connectivity index (χ1) is 4.49. The predicted molar refractivity (Wildman–Crippen MR) is 28.7 cm³/mol. The average Bonchev–Trinajstić information content (AvgIpc) is 1.54. The summed E-state index contributed by atoms with van der Waals surface area (Å²) in [5.74, 6) is -1.54. The lowest BCUT2D eigenvalue weighted by atomic mass is 10.7. The number of rotatable bonds is 0. The summed E-state index contributed by atoms with van der Waals surface area (Å²) < 4.78 is 20.9. The second-order valence-corrected chi connectivity index (χ2v) is 3.38. The smallest absolute Gasteiger partial charge is 0.268 e. The summed E-state index contributed by atoms with van der Waals surface area (Å²) in [5, 5.41) is 0. The Bertz CT molecular complexity index is 257. The monoisotopic (exact) mass is 166 g/mol. The Kier molecular flexibility index (Phi) is 1.32. The maximum atomic E-state index is 10.5. The van der Waals surface area contributed by atoms with Crippen LogP contribution in [0, 0.1) is 4.91 Å². The first-order valence-electron chi connectivity index (χ1n) is 2.26. The molecule has 1 aliphatic heterocycles. The summed E-state index contributed by atoms with van der Waals surface area (Å²) in [6.45, 7) is 0. The molecule has 7 nitrogen and oxygen atoms in total. The quantitative estimate of drug-likeness (QED) is 0.393. The van der Waals surface area contributed by atoms with E-state index in [0.717, 1.165) is 0 Å². The number of carbonyl (C=O) groups excluding carboxylic acids is 1. The van der Waals surface area contributed by atoms with E-state index in [0.29, 0.717) is 0 Å². The van der Waals surface area contributed by atoms with E-state index in [4.69, 9.17) is 0 Å². The van der Waals surface area contributed by atoms with Crippen LogP contribution in [0.2, 0.25) is 0 Å². The summed E-state index contributed by atoms with van der Waals surface area (Å²) in [6, 6.07) is 0. The number of hydrogen-bond donors (Lipinski definition) is 2. The van der Waals surface area contributed by atoms with Crippen LogP contribution in [0.15, 0.2) is 0 Å². The summed E-state index contributed by atoms with van der Waals surface area (Å²) in [5.41, 5.74) is 1.68.